The van der Waals surface area contributed by atoms with Gasteiger partial charge in [-0.25, -0.2) is 10.0 Å². The Hall–Kier alpha value is -3.65. The van der Waals surface area contributed by atoms with Gasteiger partial charge in [0.2, 0.25) is 36.1 Å². The van der Waals surface area contributed by atoms with E-state index in [1.54, 1.807) is 28.3 Å². The maximum absolute atomic E-state index is 5.96. The second-order valence-electron chi connectivity index (χ2n) is 5.86. The summed E-state index contributed by atoms with van der Waals surface area (Å²) in [4.78, 5) is 22.7. The van der Waals surface area contributed by atoms with Gasteiger partial charge < -0.3 is 27.4 Å². The minimum Gasteiger partial charge on any atom is -0.369 e. The highest BCUT2D eigenvalue weighted by molar-refractivity contribution is 7.08. The van der Waals surface area contributed by atoms with E-state index in [-0.39, 0.29) is 23.8 Å². The predicted octanol–water partition coefficient (Wildman–Crippen LogP) is 1.01. The van der Waals surface area contributed by atoms with Crippen LogP contribution in [0.4, 0.5) is 29.2 Å². The van der Waals surface area contributed by atoms with Crippen molar-refractivity contribution in [1.82, 2.24) is 19.9 Å². The third kappa shape index (κ3) is 4.12. The molecular formula is C15H18N12S2. The van der Waals surface area contributed by atoms with Gasteiger partial charge >= 0.3 is 0 Å². The van der Waals surface area contributed by atoms with Gasteiger partial charge in [0, 0.05) is 17.8 Å². The first-order valence-electron chi connectivity index (χ1n) is 8.29. The van der Waals surface area contributed by atoms with Crippen molar-refractivity contribution < 1.29 is 0 Å². The van der Waals surface area contributed by atoms with Crippen molar-refractivity contribution in [2.24, 2.45) is 21.5 Å². The average molecular weight is 431 g/mol. The monoisotopic (exact) mass is 430 g/mol. The highest BCUT2D eigenvalue weighted by Crippen LogP contribution is 2.24. The standard InChI is InChI=1S/C15H18N12S2/c1-26-12(18)20-10(16)23-15(26)27(9-3-5-29-7-9)25-14-22-11(17)21-13(24-14)19-8-2-4-28-6-8/h2-7,15H,1H3,(H4,16,18,20,23)(H4,17,19,21,22,24,25). The topological polar surface area (TPSA) is 172 Å². The summed E-state index contributed by atoms with van der Waals surface area (Å²) in [6.45, 7) is 0. The Morgan fingerprint density at radius 1 is 1.03 bits per heavy atom. The highest BCUT2D eigenvalue weighted by atomic mass is 32.1. The Balaban J connectivity index is 1.65. The molecular weight excluding hydrogens is 412 g/mol. The van der Waals surface area contributed by atoms with Crippen molar-refractivity contribution in [2.45, 2.75) is 6.29 Å². The van der Waals surface area contributed by atoms with E-state index in [9.17, 15) is 0 Å². The predicted molar refractivity (Wildman–Crippen MR) is 117 cm³/mol. The molecule has 0 aromatic carbocycles. The second-order valence-corrected chi connectivity index (χ2v) is 7.42. The Bertz CT molecular complexity index is 1030. The lowest BCUT2D eigenvalue weighted by atomic mass is 10.4. The van der Waals surface area contributed by atoms with E-state index < -0.39 is 6.29 Å². The number of nitrogens with two attached hydrogens (primary N) is 3. The lowest BCUT2D eigenvalue weighted by Crippen LogP contribution is -2.56. The summed E-state index contributed by atoms with van der Waals surface area (Å²) in [5.74, 6) is 0.906. The van der Waals surface area contributed by atoms with Crippen molar-refractivity contribution in [1.29, 1.82) is 0 Å². The van der Waals surface area contributed by atoms with E-state index in [0.29, 0.717) is 5.95 Å². The van der Waals surface area contributed by atoms with Crippen LogP contribution in [-0.2, 0) is 0 Å². The first-order chi connectivity index (χ1) is 14.0. The zero-order chi connectivity index (χ0) is 20.4. The molecule has 0 saturated heterocycles. The first kappa shape index (κ1) is 18.7. The van der Waals surface area contributed by atoms with Gasteiger partial charge in [0.15, 0.2) is 0 Å². The zero-order valence-electron chi connectivity index (χ0n) is 15.2. The van der Waals surface area contributed by atoms with Crippen molar-refractivity contribution in [2.75, 3.05) is 28.5 Å². The third-order valence-electron chi connectivity index (χ3n) is 3.85. The Kier molecular flexibility index (Phi) is 5.01. The molecule has 0 amide bonds. The molecule has 0 bridgehead atoms. The molecule has 4 heterocycles. The van der Waals surface area contributed by atoms with Crippen LogP contribution in [0.1, 0.15) is 0 Å². The van der Waals surface area contributed by atoms with E-state index >= 15 is 0 Å². The minimum atomic E-state index is -0.617. The minimum absolute atomic E-state index is 0.0617. The van der Waals surface area contributed by atoms with Gasteiger partial charge in [-0.2, -0.15) is 42.6 Å². The second kappa shape index (κ2) is 7.76. The summed E-state index contributed by atoms with van der Waals surface area (Å²) in [6.07, 6.45) is -0.617. The summed E-state index contributed by atoms with van der Waals surface area (Å²) in [6, 6.07) is 3.82. The molecule has 1 atom stereocenters. The van der Waals surface area contributed by atoms with Crippen LogP contribution in [0, 0.1) is 0 Å². The lowest BCUT2D eigenvalue weighted by Gasteiger charge is -2.37. The number of hydrogen-bond donors (Lipinski definition) is 5. The molecule has 1 aliphatic heterocycles. The van der Waals surface area contributed by atoms with Crippen molar-refractivity contribution in [3.05, 3.63) is 33.7 Å². The number of anilines is 5. The van der Waals surface area contributed by atoms with Crippen LogP contribution < -0.4 is 33.0 Å². The van der Waals surface area contributed by atoms with Crippen LogP contribution in [0.5, 0.6) is 0 Å². The van der Waals surface area contributed by atoms with Crippen LogP contribution in [0.3, 0.4) is 0 Å². The van der Waals surface area contributed by atoms with E-state index in [1.807, 2.05) is 33.7 Å². The molecule has 4 rings (SSSR count). The molecule has 14 heteroatoms. The number of nitrogen functional groups attached to an aromatic ring is 1. The molecule has 0 spiro atoms. The summed E-state index contributed by atoms with van der Waals surface area (Å²) in [7, 11) is 1.76. The molecule has 3 aromatic rings. The van der Waals surface area contributed by atoms with Gasteiger partial charge in [-0.3, -0.25) is 5.43 Å². The first-order valence-corrected chi connectivity index (χ1v) is 10.2. The molecule has 8 N–H and O–H groups in total. The Morgan fingerprint density at radius 2 is 1.79 bits per heavy atom. The fraction of sp³-hybridized carbons (Fsp3) is 0.133. The maximum Gasteiger partial charge on any atom is 0.248 e. The van der Waals surface area contributed by atoms with Crippen molar-refractivity contribution in [3.8, 4) is 0 Å². The number of aromatic nitrogens is 3. The van der Waals surface area contributed by atoms with Crippen LogP contribution in [0.15, 0.2) is 43.6 Å². The number of rotatable bonds is 6. The van der Waals surface area contributed by atoms with Crippen molar-refractivity contribution >= 4 is 63.8 Å². The lowest BCUT2D eigenvalue weighted by molar-refractivity contribution is 0.361. The van der Waals surface area contributed by atoms with Gasteiger partial charge in [0.25, 0.3) is 0 Å². The normalized spacial score (nSPS) is 16.2. The number of guanidine groups is 2. The van der Waals surface area contributed by atoms with Gasteiger partial charge in [0.1, 0.15) is 0 Å². The maximum atomic E-state index is 5.96. The van der Waals surface area contributed by atoms with Crippen molar-refractivity contribution in [3.63, 3.8) is 0 Å². The molecule has 1 aliphatic rings. The molecule has 0 fully saturated rings. The van der Waals surface area contributed by atoms with Crippen LogP contribution >= 0.6 is 22.7 Å². The number of nitrogens with one attached hydrogen (secondary N) is 2. The summed E-state index contributed by atoms with van der Waals surface area (Å²) < 4.78 is 0. The van der Waals surface area contributed by atoms with Crippen LogP contribution in [0.25, 0.3) is 0 Å². The summed E-state index contributed by atoms with van der Waals surface area (Å²) >= 11 is 3.08. The van der Waals surface area contributed by atoms with Gasteiger partial charge in [-0.05, 0) is 22.9 Å². The summed E-state index contributed by atoms with van der Waals surface area (Å²) in [5, 5.41) is 12.5. The number of hydrazine groups is 1. The summed E-state index contributed by atoms with van der Waals surface area (Å²) in [5.41, 5.74) is 22.5. The van der Waals surface area contributed by atoms with E-state index in [4.69, 9.17) is 17.2 Å². The molecule has 0 saturated carbocycles. The fourth-order valence-corrected chi connectivity index (χ4v) is 3.72. The fourth-order valence-electron chi connectivity index (χ4n) is 2.50. The molecule has 29 heavy (non-hydrogen) atoms. The SMILES string of the molecule is CN1C(N)=NC(N)=NC1N(Nc1nc(N)nc(Nc2ccsc2)n1)c1ccsc1. The molecule has 0 aliphatic carbocycles. The molecule has 12 nitrogen and oxygen atoms in total. The quantitative estimate of drug-likeness (QED) is 0.355. The largest absolute Gasteiger partial charge is 0.369 e. The van der Waals surface area contributed by atoms with E-state index in [0.717, 1.165) is 11.4 Å². The number of nitrogens with zero attached hydrogens (tertiary/aromatic N) is 7. The molecule has 0 radical (unpaired) electrons. The highest BCUT2D eigenvalue weighted by Gasteiger charge is 2.29. The number of hydrogen-bond acceptors (Lipinski definition) is 14. The van der Waals surface area contributed by atoms with E-state index in [1.165, 1.54) is 11.3 Å². The number of thiophene rings is 2. The average Bonchev–Trinajstić information content (AvgIpc) is 3.36. The Labute approximate surface area is 173 Å². The Morgan fingerprint density at radius 3 is 2.52 bits per heavy atom. The van der Waals surface area contributed by atoms with Crippen LogP contribution in [0.2, 0.25) is 0 Å². The van der Waals surface area contributed by atoms with Gasteiger partial charge in [-0.1, -0.05) is 0 Å². The van der Waals surface area contributed by atoms with Gasteiger partial charge in [0.05, 0.1) is 11.4 Å². The third-order valence-corrected chi connectivity index (χ3v) is 5.20. The zero-order valence-corrected chi connectivity index (χ0v) is 16.9. The number of aliphatic imine (C=N–C) groups is 2. The molecule has 3 aromatic heterocycles. The molecule has 1 unspecified atom stereocenters. The van der Waals surface area contributed by atoms with E-state index in [2.05, 4.69) is 35.7 Å². The van der Waals surface area contributed by atoms with Gasteiger partial charge in [-0.15, -0.1) is 0 Å². The molecule has 150 valence electrons. The van der Waals surface area contributed by atoms with Crippen LogP contribution in [-0.4, -0.2) is 45.1 Å². The smallest absolute Gasteiger partial charge is 0.248 e.